The summed E-state index contributed by atoms with van der Waals surface area (Å²) in [6.45, 7) is 4.10. The summed E-state index contributed by atoms with van der Waals surface area (Å²) in [4.78, 5) is 24.7. The molecule has 0 bridgehead atoms. The number of halogens is 2. The number of nitrogens with two attached hydrogens (primary N) is 2. The van der Waals surface area contributed by atoms with E-state index in [9.17, 15) is 4.79 Å². The maximum Gasteiger partial charge on any atom is 0.268 e. The zero-order chi connectivity index (χ0) is 23.3. The van der Waals surface area contributed by atoms with Crippen LogP contribution >= 0.6 is 35.0 Å². The van der Waals surface area contributed by atoms with Crippen LogP contribution in [0, 0.1) is 5.41 Å². The molecule has 5 rings (SSSR count). The van der Waals surface area contributed by atoms with Gasteiger partial charge in [-0.3, -0.25) is 4.79 Å². The van der Waals surface area contributed by atoms with Gasteiger partial charge in [-0.15, -0.1) is 0 Å². The summed E-state index contributed by atoms with van der Waals surface area (Å²) in [7, 11) is 0. The minimum atomic E-state index is -0.657. The molecule has 3 aromatic rings. The van der Waals surface area contributed by atoms with Crippen molar-refractivity contribution in [3.05, 3.63) is 40.3 Å². The predicted octanol–water partition coefficient (Wildman–Crippen LogP) is 3.01. The van der Waals surface area contributed by atoms with E-state index in [0.29, 0.717) is 51.1 Å². The van der Waals surface area contributed by atoms with E-state index in [4.69, 9.17) is 39.4 Å². The second-order valence-electron chi connectivity index (χ2n) is 8.49. The van der Waals surface area contributed by atoms with E-state index in [1.807, 2.05) is 13.0 Å². The molecule has 1 unspecified atom stereocenters. The lowest BCUT2D eigenvalue weighted by atomic mass is 9.73. The molecule has 2 aromatic heterocycles. The SMILES string of the molecule is CC1OCC2(CCN(c3nc(C(N)=O)c(Sc4cccc(Cl)c4Cl)c4ncnn34)CC2)[C@@H]1N. The molecule has 2 aliphatic rings. The largest absolute Gasteiger partial charge is 0.376 e. The molecule has 2 atom stereocenters. The van der Waals surface area contributed by atoms with Crippen molar-refractivity contribution in [1.29, 1.82) is 0 Å². The molecule has 0 aliphatic carbocycles. The molecular formula is C21H23Cl2N7O2S. The number of nitrogens with zero attached hydrogens (tertiary/aromatic N) is 5. The highest BCUT2D eigenvalue weighted by Crippen LogP contribution is 2.43. The van der Waals surface area contributed by atoms with Crippen molar-refractivity contribution in [2.75, 3.05) is 24.6 Å². The average Bonchev–Trinajstić information content (AvgIpc) is 3.39. The van der Waals surface area contributed by atoms with E-state index >= 15 is 0 Å². The fraction of sp³-hybridized carbons (Fsp3) is 0.429. The Morgan fingerprint density at radius 3 is 2.73 bits per heavy atom. The van der Waals surface area contributed by atoms with Gasteiger partial charge in [0.1, 0.15) is 12.0 Å². The van der Waals surface area contributed by atoms with Gasteiger partial charge in [0.25, 0.3) is 5.91 Å². The van der Waals surface area contributed by atoms with Crippen molar-refractivity contribution in [3.8, 4) is 0 Å². The maximum absolute atomic E-state index is 12.4. The van der Waals surface area contributed by atoms with Gasteiger partial charge in [-0.05, 0) is 31.9 Å². The van der Waals surface area contributed by atoms with Crippen LogP contribution in [0.1, 0.15) is 30.3 Å². The normalized spacial score (nSPS) is 22.4. The van der Waals surface area contributed by atoms with Crippen molar-refractivity contribution < 1.29 is 9.53 Å². The van der Waals surface area contributed by atoms with Crippen molar-refractivity contribution in [2.24, 2.45) is 16.9 Å². The number of carbonyl (C=O) groups is 1. The van der Waals surface area contributed by atoms with Gasteiger partial charge >= 0.3 is 0 Å². The number of hydrogen-bond acceptors (Lipinski definition) is 8. The van der Waals surface area contributed by atoms with Crippen LogP contribution in [0.4, 0.5) is 5.95 Å². The first kappa shape index (κ1) is 22.7. The summed E-state index contributed by atoms with van der Waals surface area (Å²) in [6, 6.07) is 5.29. The van der Waals surface area contributed by atoms with Crippen LogP contribution in [-0.4, -0.2) is 57.3 Å². The number of carbonyl (C=O) groups excluding carboxylic acids is 1. The lowest BCUT2D eigenvalue weighted by Crippen LogP contribution is -2.51. The predicted molar refractivity (Wildman–Crippen MR) is 127 cm³/mol. The van der Waals surface area contributed by atoms with Crippen LogP contribution in [0.2, 0.25) is 10.0 Å². The molecule has 33 heavy (non-hydrogen) atoms. The number of fused-ring (bicyclic) bond motifs is 1. The first-order chi connectivity index (χ1) is 15.8. The van der Waals surface area contributed by atoms with Gasteiger partial charge in [-0.25, -0.2) is 9.97 Å². The van der Waals surface area contributed by atoms with E-state index in [1.54, 1.807) is 16.6 Å². The zero-order valence-electron chi connectivity index (χ0n) is 17.9. The van der Waals surface area contributed by atoms with Gasteiger partial charge in [0.15, 0.2) is 5.65 Å². The zero-order valence-corrected chi connectivity index (χ0v) is 20.2. The van der Waals surface area contributed by atoms with Crippen molar-refractivity contribution in [2.45, 2.75) is 41.7 Å². The van der Waals surface area contributed by atoms with Gasteiger partial charge in [-0.2, -0.15) is 9.61 Å². The highest BCUT2D eigenvalue weighted by atomic mass is 35.5. The molecule has 1 amide bonds. The van der Waals surface area contributed by atoms with E-state index in [2.05, 4.69) is 20.0 Å². The number of aromatic nitrogens is 4. The van der Waals surface area contributed by atoms with Gasteiger partial charge in [0.2, 0.25) is 5.95 Å². The molecule has 4 heterocycles. The number of primary amides is 1. The molecule has 2 saturated heterocycles. The standard InChI is InChI=1S/C21H23Cl2N7O2S/c1-11-17(24)21(9-32-11)5-7-29(8-6-21)20-28-15(18(25)31)16(19-26-10-27-30(19)20)33-13-4-2-3-12(22)14(13)23/h2-4,10-11,17H,5-9,24H2,1H3,(H2,25,31)/t11?,17-/m1/s1. The molecule has 1 aromatic carbocycles. The summed E-state index contributed by atoms with van der Waals surface area (Å²) in [6.07, 6.45) is 3.20. The maximum atomic E-state index is 12.4. The molecular weight excluding hydrogens is 485 g/mol. The highest BCUT2D eigenvalue weighted by Gasteiger charge is 2.48. The average molecular weight is 508 g/mol. The van der Waals surface area contributed by atoms with Gasteiger partial charge in [0.05, 0.1) is 27.7 Å². The smallest absolute Gasteiger partial charge is 0.268 e. The number of ether oxygens (including phenoxy) is 1. The van der Waals surface area contributed by atoms with E-state index in [1.165, 1.54) is 18.1 Å². The fourth-order valence-electron chi connectivity index (χ4n) is 4.61. The summed E-state index contributed by atoms with van der Waals surface area (Å²) >= 11 is 13.8. The monoisotopic (exact) mass is 507 g/mol. The third-order valence-corrected chi connectivity index (χ3v) is 8.69. The highest BCUT2D eigenvalue weighted by molar-refractivity contribution is 7.99. The molecule has 9 nitrogen and oxygen atoms in total. The Hall–Kier alpha value is -2.11. The molecule has 174 valence electrons. The molecule has 1 spiro atoms. The molecule has 2 aliphatic heterocycles. The number of hydrogen-bond donors (Lipinski definition) is 2. The lowest BCUT2D eigenvalue weighted by Gasteiger charge is -2.41. The van der Waals surface area contributed by atoms with Crippen LogP contribution in [0.15, 0.2) is 34.3 Å². The van der Waals surface area contributed by atoms with Crippen LogP contribution in [0.5, 0.6) is 0 Å². The van der Waals surface area contributed by atoms with Crippen molar-refractivity contribution in [3.63, 3.8) is 0 Å². The third-order valence-electron chi connectivity index (χ3n) is 6.62. The Labute approximate surface area is 204 Å². The topological polar surface area (TPSA) is 125 Å². The van der Waals surface area contributed by atoms with Gasteiger partial charge in [-0.1, -0.05) is 41.0 Å². The molecule has 0 saturated carbocycles. The second kappa shape index (κ2) is 8.59. The Morgan fingerprint density at radius 1 is 1.30 bits per heavy atom. The summed E-state index contributed by atoms with van der Waals surface area (Å²) in [5.41, 5.74) is 12.7. The number of anilines is 1. The van der Waals surface area contributed by atoms with Crippen molar-refractivity contribution in [1.82, 2.24) is 19.6 Å². The second-order valence-corrected chi connectivity index (χ2v) is 10.3. The molecule has 4 N–H and O–H groups in total. The Kier molecular flexibility index (Phi) is 5.90. The Bertz CT molecular complexity index is 1230. The number of benzene rings is 1. The first-order valence-corrected chi connectivity index (χ1v) is 12.2. The van der Waals surface area contributed by atoms with Gasteiger partial charge in [0, 0.05) is 29.4 Å². The number of amides is 1. The molecule has 2 fully saturated rings. The quantitative estimate of drug-likeness (QED) is 0.551. The van der Waals surface area contributed by atoms with Crippen LogP contribution in [0.3, 0.4) is 0 Å². The van der Waals surface area contributed by atoms with Crippen LogP contribution in [-0.2, 0) is 4.74 Å². The number of piperidine rings is 1. The van der Waals surface area contributed by atoms with E-state index in [-0.39, 0.29) is 23.3 Å². The first-order valence-electron chi connectivity index (χ1n) is 10.6. The third kappa shape index (κ3) is 3.83. The minimum Gasteiger partial charge on any atom is -0.376 e. The Balaban J connectivity index is 1.52. The van der Waals surface area contributed by atoms with E-state index < -0.39 is 5.91 Å². The van der Waals surface area contributed by atoms with Crippen LogP contribution in [0.25, 0.3) is 5.65 Å². The van der Waals surface area contributed by atoms with Gasteiger partial charge < -0.3 is 21.1 Å². The Morgan fingerprint density at radius 2 is 2.06 bits per heavy atom. The summed E-state index contributed by atoms with van der Waals surface area (Å²) < 4.78 is 7.47. The van der Waals surface area contributed by atoms with Crippen molar-refractivity contribution >= 4 is 52.5 Å². The molecule has 12 heteroatoms. The summed E-state index contributed by atoms with van der Waals surface area (Å²) in [5, 5.41) is 5.17. The summed E-state index contributed by atoms with van der Waals surface area (Å²) in [5.74, 6) is -0.135. The van der Waals surface area contributed by atoms with E-state index in [0.717, 1.165) is 12.8 Å². The van der Waals surface area contributed by atoms with Crippen LogP contribution < -0.4 is 16.4 Å². The minimum absolute atomic E-state index is 0.00130. The molecule has 0 radical (unpaired) electrons. The number of rotatable bonds is 4. The lowest BCUT2D eigenvalue weighted by molar-refractivity contribution is 0.0973. The fourth-order valence-corrected chi connectivity index (χ4v) is 6.12.